The van der Waals surface area contributed by atoms with E-state index >= 15 is 0 Å². The van der Waals surface area contributed by atoms with Crippen LogP contribution in [0, 0.1) is 0 Å². The minimum atomic E-state index is -6.09. The van der Waals surface area contributed by atoms with Crippen LogP contribution in [0.15, 0.2) is 36.4 Å². The molecule has 0 heterocycles. The summed E-state index contributed by atoms with van der Waals surface area (Å²) in [6, 6.07) is -2.44. The molecule has 0 spiro atoms. The van der Waals surface area contributed by atoms with Crippen molar-refractivity contribution in [3.8, 4) is 23.0 Å². The first-order valence-corrected chi connectivity index (χ1v) is 11.3. The van der Waals surface area contributed by atoms with Gasteiger partial charge in [-0.2, -0.15) is 79.0 Å². The van der Waals surface area contributed by atoms with Crippen LogP contribution >= 0.6 is 0 Å². The van der Waals surface area contributed by atoms with Crippen LogP contribution in [0.1, 0.15) is 33.4 Å². The predicted molar refractivity (Wildman–Crippen MR) is 118 cm³/mol. The molecule has 0 aromatic heterocycles. The number of alkyl halides is 18. The fourth-order valence-electron chi connectivity index (χ4n) is 3.88. The second kappa shape index (κ2) is 11.1. The van der Waals surface area contributed by atoms with Gasteiger partial charge in [-0.1, -0.05) is 0 Å². The molecule has 0 radical (unpaired) electrons. The average molecular weight is 700 g/mol. The third-order valence-electron chi connectivity index (χ3n) is 5.56. The molecule has 0 unspecified atom stereocenters. The topological polar surface area (TPSA) is 70.5 Å². The van der Waals surface area contributed by atoms with Crippen LogP contribution in [0.4, 0.5) is 90.4 Å². The number of nitrogens with two attached hydrogens (primary N) is 2. The molecule has 3 aromatic carbocycles. The van der Waals surface area contributed by atoms with Crippen LogP contribution in [-0.2, 0) is 37.1 Å². The van der Waals surface area contributed by atoms with E-state index in [1.807, 2.05) is 0 Å². The van der Waals surface area contributed by atoms with Crippen molar-refractivity contribution < 1.29 is 88.5 Å². The van der Waals surface area contributed by atoms with E-state index < -0.39 is 117 Å². The maximum Gasteiger partial charge on any atom is 0.420 e. The number of nitrogen functional groups attached to an aromatic ring is 2. The Morgan fingerprint density at radius 3 is 0.848 bits per heavy atom. The minimum absolute atomic E-state index is 0.105. The molecular weight excluding hydrogens is 690 g/mol. The largest absolute Gasteiger partial charge is 0.456 e. The van der Waals surface area contributed by atoms with E-state index in [1.54, 1.807) is 0 Å². The monoisotopic (exact) mass is 700 g/mol. The van der Waals surface area contributed by atoms with Crippen molar-refractivity contribution in [2.75, 3.05) is 11.5 Å². The molecular formula is C24H10F18N2O2. The molecule has 3 aromatic rings. The summed E-state index contributed by atoms with van der Waals surface area (Å²) in [6.45, 7) is 0. The summed E-state index contributed by atoms with van der Waals surface area (Å²) in [4.78, 5) is 0. The number of ether oxygens (including phenoxy) is 2. The molecule has 254 valence electrons. The molecule has 4 N–H and O–H groups in total. The first-order chi connectivity index (χ1) is 20.4. The summed E-state index contributed by atoms with van der Waals surface area (Å²) < 4.78 is 254. The van der Waals surface area contributed by atoms with Gasteiger partial charge in [0.2, 0.25) is 0 Å². The smallest absolute Gasteiger partial charge is 0.420 e. The maximum absolute atomic E-state index is 13.8. The molecule has 0 aliphatic rings. The SMILES string of the molecule is Nc1cc(Oc2cc(Oc3cc(N)cc(C(F)(F)F)c3C(F)(F)F)c(C(F)(F)F)cc2C(F)(F)F)c(C(F)(F)F)c(C(F)(F)F)c1. The van der Waals surface area contributed by atoms with Crippen LogP contribution in [0.3, 0.4) is 0 Å². The number of anilines is 2. The van der Waals surface area contributed by atoms with E-state index in [-0.39, 0.29) is 24.3 Å². The van der Waals surface area contributed by atoms with Crippen molar-refractivity contribution in [2.45, 2.75) is 37.1 Å². The molecule has 0 saturated heterocycles. The first-order valence-electron chi connectivity index (χ1n) is 11.3. The van der Waals surface area contributed by atoms with Crippen molar-refractivity contribution in [2.24, 2.45) is 0 Å². The lowest BCUT2D eigenvalue weighted by Gasteiger charge is -2.24. The van der Waals surface area contributed by atoms with Gasteiger partial charge in [-0.25, -0.2) is 0 Å². The standard InChI is InChI=1S/C24H10F18N2O2/c25-19(26,27)9-5-10(20(28,29)30)14(46-16-4-8(44)2-12(22(34,35)36)18(16)24(40,41)42)6-13(9)45-15-3-7(43)1-11(21(31,32)33)17(15)23(37,38)39/h1-6H,43-44H2. The zero-order valence-corrected chi connectivity index (χ0v) is 21.2. The molecule has 0 fully saturated rings. The van der Waals surface area contributed by atoms with Crippen LogP contribution in [0.5, 0.6) is 23.0 Å². The molecule has 0 atom stereocenters. The van der Waals surface area contributed by atoms with Crippen molar-refractivity contribution in [3.05, 3.63) is 69.8 Å². The molecule has 0 bridgehead atoms. The van der Waals surface area contributed by atoms with Crippen LogP contribution in [0.25, 0.3) is 0 Å². The van der Waals surface area contributed by atoms with Gasteiger partial charge in [-0.15, -0.1) is 0 Å². The van der Waals surface area contributed by atoms with Crippen molar-refractivity contribution in [1.29, 1.82) is 0 Å². The third-order valence-corrected chi connectivity index (χ3v) is 5.56. The van der Waals surface area contributed by atoms with Gasteiger partial charge in [0.1, 0.15) is 34.1 Å². The Labute approximate surface area is 242 Å². The van der Waals surface area contributed by atoms with Gasteiger partial charge in [0.05, 0.1) is 22.3 Å². The lowest BCUT2D eigenvalue weighted by molar-refractivity contribution is -0.162. The number of halogens is 18. The van der Waals surface area contributed by atoms with Crippen molar-refractivity contribution in [1.82, 2.24) is 0 Å². The zero-order valence-electron chi connectivity index (χ0n) is 21.2. The minimum Gasteiger partial charge on any atom is -0.456 e. The van der Waals surface area contributed by atoms with Crippen LogP contribution in [-0.4, -0.2) is 0 Å². The van der Waals surface area contributed by atoms with Gasteiger partial charge < -0.3 is 20.9 Å². The van der Waals surface area contributed by atoms with Gasteiger partial charge >= 0.3 is 37.1 Å². The van der Waals surface area contributed by atoms with E-state index in [4.69, 9.17) is 11.5 Å². The van der Waals surface area contributed by atoms with E-state index in [2.05, 4.69) is 9.47 Å². The van der Waals surface area contributed by atoms with Gasteiger partial charge in [-0.05, 0) is 18.2 Å². The quantitative estimate of drug-likeness (QED) is 0.210. The van der Waals surface area contributed by atoms with E-state index in [0.29, 0.717) is 0 Å². The molecule has 4 nitrogen and oxygen atoms in total. The summed E-state index contributed by atoms with van der Waals surface area (Å²) in [5, 5.41) is 0. The highest BCUT2D eigenvalue weighted by Crippen LogP contribution is 2.53. The summed E-state index contributed by atoms with van der Waals surface area (Å²) in [6.07, 6.45) is -36.0. The van der Waals surface area contributed by atoms with Crippen LogP contribution in [0.2, 0.25) is 0 Å². The number of rotatable bonds is 4. The van der Waals surface area contributed by atoms with E-state index in [1.165, 1.54) is 0 Å². The number of hydrogen-bond acceptors (Lipinski definition) is 4. The predicted octanol–water partition coefficient (Wildman–Crippen LogP) is 10.5. The first kappa shape index (κ1) is 36.1. The number of hydrogen-bond donors (Lipinski definition) is 2. The van der Waals surface area contributed by atoms with Gasteiger partial charge in [-0.3, -0.25) is 0 Å². The van der Waals surface area contributed by atoms with Gasteiger partial charge in [0.15, 0.2) is 0 Å². The molecule has 0 aliphatic heterocycles. The summed E-state index contributed by atoms with van der Waals surface area (Å²) in [5.41, 5.74) is -8.40. The van der Waals surface area contributed by atoms with Crippen molar-refractivity contribution >= 4 is 11.4 Å². The van der Waals surface area contributed by atoms with E-state index in [9.17, 15) is 79.0 Å². The summed E-state index contributed by atoms with van der Waals surface area (Å²) in [7, 11) is 0. The molecule has 0 amide bonds. The fourth-order valence-corrected chi connectivity index (χ4v) is 3.88. The van der Waals surface area contributed by atoms with Gasteiger partial charge in [0, 0.05) is 29.6 Å². The highest BCUT2D eigenvalue weighted by Gasteiger charge is 2.49. The molecule has 46 heavy (non-hydrogen) atoms. The van der Waals surface area contributed by atoms with Crippen LogP contribution < -0.4 is 20.9 Å². The Balaban J connectivity index is 2.45. The second-order valence-electron chi connectivity index (χ2n) is 8.92. The zero-order chi connectivity index (χ0) is 35.6. The maximum atomic E-state index is 13.8. The average Bonchev–Trinajstić information content (AvgIpc) is 2.79. The molecule has 22 heteroatoms. The van der Waals surface area contributed by atoms with Gasteiger partial charge in [0.25, 0.3) is 0 Å². The van der Waals surface area contributed by atoms with E-state index in [0.717, 1.165) is 0 Å². The molecule has 0 saturated carbocycles. The second-order valence-corrected chi connectivity index (χ2v) is 8.92. The molecule has 0 aliphatic carbocycles. The fraction of sp³-hybridized carbons (Fsp3) is 0.250. The normalized spacial score (nSPS) is 13.6. The highest BCUT2D eigenvalue weighted by molar-refractivity contribution is 5.60. The Morgan fingerprint density at radius 1 is 0.326 bits per heavy atom. The Hall–Kier alpha value is -4.40. The summed E-state index contributed by atoms with van der Waals surface area (Å²) >= 11 is 0. The summed E-state index contributed by atoms with van der Waals surface area (Å²) in [5.74, 6) is -8.80. The highest BCUT2D eigenvalue weighted by atomic mass is 19.4. The Morgan fingerprint density at radius 2 is 0.609 bits per heavy atom. The van der Waals surface area contributed by atoms with Crippen molar-refractivity contribution in [3.63, 3.8) is 0 Å². The lowest BCUT2D eigenvalue weighted by Crippen LogP contribution is -2.19. The Kier molecular flexibility index (Phi) is 8.74. The lowest BCUT2D eigenvalue weighted by atomic mass is 10.0. The third kappa shape index (κ3) is 7.69. The Bertz CT molecular complexity index is 1510. The number of benzene rings is 3. The molecule has 3 rings (SSSR count).